The minimum Gasteiger partial charge on any atom is -0.330 e. The van der Waals surface area contributed by atoms with Crippen LogP contribution in [0, 0.1) is 30.3 Å². The molecule has 1 aromatic heterocycles. The molecule has 0 saturated carbocycles. The van der Waals surface area contributed by atoms with E-state index in [9.17, 15) is 18.0 Å². The number of aryl methyl sites for hydroxylation is 1. The number of fused-ring (bicyclic) bond motifs is 1. The Morgan fingerprint density at radius 2 is 1.73 bits per heavy atom. The Morgan fingerprint density at radius 3 is 2.38 bits per heavy atom. The van der Waals surface area contributed by atoms with Crippen LogP contribution in [0.2, 0.25) is 0 Å². The third kappa shape index (κ3) is 5.54. The molecular formula is C29H31F3N4O. The molecule has 3 aromatic carbocycles. The highest BCUT2D eigenvalue weighted by Crippen LogP contribution is 2.34. The van der Waals surface area contributed by atoms with Crippen molar-refractivity contribution >= 4 is 16.9 Å². The summed E-state index contributed by atoms with van der Waals surface area (Å²) >= 11 is 0. The van der Waals surface area contributed by atoms with Gasteiger partial charge in [0.15, 0.2) is 0 Å². The number of carbonyl (C=O) groups is 1. The van der Waals surface area contributed by atoms with Crippen LogP contribution in [0.25, 0.3) is 11.0 Å². The largest absolute Gasteiger partial charge is 0.330 e. The number of nitrogens with zero attached hydrogens (tertiary/aromatic N) is 3. The number of rotatable bonds is 9. The number of hydrogen-bond donors (Lipinski definition) is 1. The predicted octanol–water partition coefficient (Wildman–Crippen LogP) is 6.00. The number of nitrogens with two attached hydrogens (primary N) is 1. The lowest BCUT2D eigenvalue weighted by atomic mass is 9.99. The summed E-state index contributed by atoms with van der Waals surface area (Å²) in [6, 6.07) is 14.9. The minimum absolute atomic E-state index is 0.166. The fourth-order valence-corrected chi connectivity index (χ4v) is 4.74. The van der Waals surface area contributed by atoms with Crippen LogP contribution >= 0.6 is 0 Å². The number of amides is 1. The SMILES string of the molecule is Cc1ccc2c(c1)nc(C(C(C)C)N(CCCN)C(=O)c1c(F)cccc1F)n2Cc1cccc(F)c1. The molecule has 0 bridgehead atoms. The molecule has 1 amide bonds. The highest BCUT2D eigenvalue weighted by atomic mass is 19.1. The average molecular weight is 509 g/mol. The van der Waals surface area contributed by atoms with Gasteiger partial charge < -0.3 is 15.2 Å². The molecule has 5 nitrogen and oxygen atoms in total. The first-order chi connectivity index (χ1) is 17.7. The fraction of sp³-hybridized carbons (Fsp3) is 0.310. The quantitative estimate of drug-likeness (QED) is 0.302. The lowest BCUT2D eigenvalue weighted by molar-refractivity contribution is 0.0595. The molecule has 194 valence electrons. The van der Waals surface area contributed by atoms with Crippen LogP contribution in [-0.4, -0.2) is 33.4 Å². The molecule has 1 atom stereocenters. The number of carbonyl (C=O) groups excluding carboxylic acids is 1. The Bertz CT molecular complexity index is 1400. The van der Waals surface area contributed by atoms with Gasteiger partial charge in [0.25, 0.3) is 5.91 Å². The summed E-state index contributed by atoms with van der Waals surface area (Å²) in [5.74, 6) is -2.57. The van der Waals surface area contributed by atoms with E-state index in [2.05, 4.69) is 0 Å². The van der Waals surface area contributed by atoms with Crippen LogP contribution < -0.4 is 5.73 Å². The van der Waals surface area contributed by atoms with Crippen molar-refractivity contribution < 1.29 is 18.0 Å². The predicted molar refractivity (Wildman–Crippen MR) is 139 cm³/mol. The summed E-state index contributed by atoms with van der Waals surface area (Å²) in [7, 11) is 0. The average Bonchev–Trinajstić information content (AvgIpc) is 3.17. The zero-order valence-electron chi connectivity index (χ0n) is 21.2. The molecule has 0 spiro atoms. The topological polar surface area (TPSA) is 64.2 Å². The van der Waals surface area contributed by atoms with Gasteiger partial charge in [0.05, 0.1) is 17.1 Å². The highest BCUT2D eigenvalue weighted by molar-refractivity contribution is 5.95. The van der Waals surface area contributed by atoms with Gasteiger partial charge >= 0.3 is 0 Å². The Kier molecular flexibility index (Phi) is 7.97. The van der Waals surface area contributed by atoms with Gasteiger partial charge in [0.2, 0.25) is 0 Å². The van der Waals surface area contributed by atoms with Crippen LogP contribution in [0.3, 0.4) is 0 Å². The van der Waals surface area contributed by atoms with E-state index in [4.69, 9.17) is 10.7 Å². The van der Waals surface area contributed by atoms with Crippen LogP contribution in [0.1, 0.15) is 53.6 Å². The second kappa shape index (κ2) is 11.2. The van der Waals surface area contributed by atoms with Crippen LogP contribution in [0.5, 0.6) is 0 Å². The molecule has 4 rings (SSSR count). The van der Waals surface area contributed by atoms with Gasteiger partial charge in [-0.05, 0) is 73.3 Å². The first kappa shape index (κ1) is 26.4. The first-order valence-corrected chi connectivity index (χ1v) is 12.4. The van der Waals surface area contributed by atoms with Gasteiger partial charge in [-0.1, -0.05) is 38.1 Å². The van der Waals surface area contributed by atoms with Crippen molar-refractivity contribution in [1.29, 1.82) is 0 Å². The smallest absolute Gasteiger partial charge is 0.260 e. The van der Waals surface area contributed by atoms with E-state index < -0.39 is 29.1 Å². The lowest BCUT2D eigenvalue weighted by Crippen LogP contribution is -2.41. The fourth-order valence-electron chi connectivity index (χ4n) is 4.74. The van der Waals surface area contributed by atoms with Crippen molar-refractivity contribution in [2.75, 3.05) is 13.1 Å². The third-order valence-corrected chi connectivity index (χ3v) is 6.44. The molecule has 4 aromatic rings. The molecule has 1 heterocycles. The van der Waals surface area contributed by atoms with Crippen LogP contribution in [0.4, 0.5) is 13.2 Å². The summed E-state index contributed by atoms with van der Waals surface area (Å²) in [5.41, 5.74) is 8.45. The maximum absolute atomic E-state index is 14.7. The molecule has 8 heteroatoms. The van der Waals surface area contributed by atoms with Crippen molar-refractivity contribution in [3.63, 3.8) is 0 Å². The summed E-state index contributed by atoms with van der Waals surface area (Å²) < 4.78 is 45.4. The van der Waals surface area contributed by atoms with Crippen molar-refractivity contribution in [3.8, 4) is 0 Å². The zero-order valence-corrected chi connectivity index (χ0v) is 21.2. The Hall–Kier alpha value is -3.65. The normalized spacial score (nSPS) is 12.3. The molecule has 0 saturated heterocycles. The van der Waals surface area contributed by atoms with Gasteiger partial charge in [-0.2, -0.15) is 0 Å². The second-order valence-electron chi connectivity index (χ2n) is 9.60. The van der Waals surface area contributed by atoms with E-state index >= 15 is 0 Å². The molecule has 0 radical (unpaired) electrons. The van der Waals surface area contributed by atoms with E-state index in [1.807, 2.05) is 49.6 Å². The molecule has 0 fully saturated rings. The molecule has 37 heavy (non-hydrogen) atoms. The molecular weight excluding hydrogens is 477 g/mol. The standard InChI is InChI=1S/C29H31F3N4O/c1-18(2)27(35(14-6-13-33)29(37)26-22(31)9-5-10-23(26)32)28-34-24-15-19(3)11-12-25(24)36(28)17-20-7-4-8-21(30)16-20/h4-5,7-12,15-16,18,27H,6,13-14,17,33H2,1-3H3. The third-order valence-electron chi connectivity index (χ3n) is 6.44. The number of aromatic nitrogens is 2. The number of imidazole rings is 1. The van der Waals surface area contributed by atoms with Crippen LogP contribution in [0.15, 0.2) is 60.7 Å². The van der Waals surface area contributed by atoms with Gasteiger partial charge in [0.1, 0.15) is 28.8 Å². The van der Waals surface area contributed by atoms with Crippen molar-refractivity contribution in [2.45, 2.75) is 39.8 Å². The van der Waals surface area contributed by atoms with Gasteiger partial charge in [-0.15, -0.1) is 0 Å². The van der Waals surface area contributed by atoms with Crippen molar-refractivity contribution in [1.82, 2.24) is 14.5 Å². The minimum atomic E-state index is -0.922. The summed E-state index contributed by atoms with van der Waals surface area (Å²) in [5, 5.41) is 0. The van der Waals surface area contributed by atoms with Crippen molar-refractivity contribution in [2.24, 2.45) is 11.7 Å². The maximum Gasteiger partial charge on any atom is 0.260 e. The van der Waals surface area contributed by atoms with E-state index in [1.54, 1.807) is 6.07 Å². The Morgan fingerprint density at radius 1 is 1.03 bits per heavy atom. The maximum atomic E-state index is 14.7. The molecule has 0 aliphatic heterocycles. The Labute approximate surface area is 214 Å². The summed E-state index contributed by atoms with van der Waals surface area (Å²) in [4.78, 5) is 20.1. The molecule has 0 aliphatic carbocycles. The molecule has 1 unspecified atom stereocenters. The number of benzene rings is 3. The van der Waals surface area contributed by atoms with Gasteiger partial charge in [-0.25, -0.2) is 18.2 Å². The summed E-state index contributed by atoms with van der Waals surface area (Å²) in [6.07, 6.45) is 0.439. The van der Waals surface area contributed by atoms with E-state index in [0.29, 0.717) is 25.3 Å². The summed E-state index contributed by atoms with van der Waals surface area (Å²) in [6.45, 7) is 6.62. The van der Waals surface area contributed by atoms with E-state index in [-0.39, 0.29) is 18.3 Å². The number of halogens is 3. The van der Waals surface area contributed by atoms with E-state index in [1.165, 1.54) is 23.1 Å². The van der Waals surface area contributed by atoms with Gasteiger partial charge in [0, 0.05) is 13.1 Å². The molecule has 2 N–H and O–H groups in total. The lowest BCUT2D eigenvalue weighted by Gasteiger charge is -2.35. The van der Waals surface area contributed by atoms with E-state index in [0.717, 1.165) is 34.3 Å². The Balaban J connectivity index is 1.90. The van der Waals surface area contributed by atoms with Gasteiger partial charge in [-0.3, -0.25) is 4.79 Å². The monoisotopic (exact) mass is 508 g/mol. The highest BCUT2D eigenvalue weighted by Gasteiger charge is 2.34. The zero-order chi connectivity index (χ0) is 26.7. The second-order valence-corrected chi connectivity index (χ2v) is 9.60. The van der Waals surface area contributed by atoms with Crippen molar-refractivity contribution in [3.05, 3.63) is 101 Å². The first-order valence-electron chi connectivity index (χ1n) is 12.4. The molecule has 0 aliphatic rings. The number of hydrogen-bond acceptors (Lipinski definition) is 3. The van der Waals surface area contributed by atoms with Crippen LogP contribution in [-0.2, 0) is 6.54 Å².